The molecule has 5 nitrogen and oxygen atoms in total. The first-order valence-electron chi connectivity index (χ1n) is 6.15. The van der Waals surface area contributed by atoms with Gasteiger partial charge in [-0.1, -0.05) is 18.2 Å². The quantitative estimate of drug-likeness (QED) is 0.697. The van der Waals surface area contributed by atoms with Gasteiger partial charge < -0.3 is 5.11 Å². The summed E-state index contributed by atoms with van der Waals surface area (Å²) in [5.74, 6) is -0.428. The number of hydrogen-bond donors (Lipinski definition) is 1. The van der Waals surface area contributed by atoms with E-state index in [1.165, 1.54) is 10.9 Å². The highest BCUT2D eigenvalue weighted by Crippen LogP contribution is 2.24. The molecule has 1 aromatic carbocycles. The minimum Gasteiger partial charge on any atom is -0.478 e. The number of carboxylic acids is 1. The number of aromatic nitrogens is 3. The third-order valence-corrected chi connectivity index (χ3v) is 3.67. The third-order valence-electron chi connectivity index (χ3n) is 2.95. The molecule has 0 aliphatic rings. The summed E-state index contributed by atoms with van der Waals surface area (Å²) in [5.41, 5.74) is 1.36. The van der Waals surface area contributed by atoms with Crippen molar-refractivity contribution in [1.29, 1.82) is 0 Å². The Morgan fingerprint density at radius 2 is 1.90 bits per heavy atom. The SMILES string of the molecule is O=C(O)c1cn(-c2ccccn2)nc1-c1ccc(I)cc1. The summed E-state index contributed by atoms with van der Waals surface area (Å²) in [6.45, 7) is 0. The van der Waals surface area contributed by atoms with E-state index >= 15 is 0 Å². The number of pyridine rings is 1. The van der Waals surface area contributed by atoms with E-state index in [0.29, 0.717) is 11.5 Å². The summed E-state index contributed by atoms with van der Waals surface area (Å²) in [6, 6.07) is 13.0. The van der Waals surface area contributed by atoms with E-state index in [-0.39, 0.29) is 5.56 Å². The number of rotatable bonds is 3. The Morgan fingerprint density at radius 1 is 1.14 bits per heavy atom. The summed E-state index contributed by atoms with van der Waals surface area (Å²) in [6.07, 6.45) is 3.12. The van der Waals surface area contributed by atoms with Crippen LogP contribution in [0.5, 0.6) is 0 Å². The van der Waals surface area contributed by atoms with Crippen molar-refractivity contribution in [1.82, 2.24) is 14.8 Å². The van der Waals surface area contributed by atoms with Gasteiger partial charge in [-0.2, -0.15) is 5.10 Å². The lowest BCUT2D eigenvalue weighted by molar-refractivity contribution is 0.0697. The monoisotopic (exact) mass is 391 g/mol. The van der Waals surface area contributed by atoms with Gasteiger partial charge >= 0.3 is 5.97 Å². The molecule has 3 aromatic rings. The van der Waals surface area contributed by atoms with Crippen LogP contribution < -0.4 is 0 Å². The molecule has 0 unspecified atom stereocenters. The van der Waals surface area contributed by atoms with Crippen molar-refractivity contribution in [2.75, 3.05) is 0 Å². The van der Waals surface area contributed by atoms with Gasteiger partial charge in [-0.3, -0.25) is 0 Å². The summed E-state index contributed by atoms with van der Waals surface area (Å²) < 4.78 is 2.56. The molecule has 2 aromatic heterocycles. The molecule has 0 fully saturated rings. The number of hydrogen-bond acceptors (Lipinski definition) is 3. The second-order valence-electron chi connectivity index (χ2n) is 4.34. The smallest absolute Gasteiger partial charge is 0.339 e. The van der Waals surface area contributed by atoms with Gasteiger partial charge in [0.1, 0.15) is 11.3 Å². The van der Waals surface area contributed by atoms with Crippen LogP contribution in [-0.2, 0) is 0 Å². The highest BCUT2D eigenvalue weighted by Gasteiger charge is 2.18. The summed E-state index contributed by atoms with van der Waals surface area (Å²) in [4.78, 5) is 15.6. The molecule has 0 aliphatic heterocycles. The van der Waals surface area contributed by atoms with Gasteiger partial charge in [-0.15, -0.1) is 0 Å². The largest absolute Gasteiger partial charge is 0.478 e. The van der Waals surface area contributed by atoms with Crippen LogP contribution in [0.15, 0.2) is 54.9 Å². The van der Waals surface area contributed by atoms with Crippen molar-refractivity contribution < 1.29 is 9.90 Å². The molecule has 0 atom stereocenters. The van der Waals surface area contributed by atoms with Crippen molar-refractivity contribution >= 4 is 28.6 Å². The number of benzene rings is 1. The number of aromatic carboxylic acids is 1. The van der Waals surface area contributed by atoms with Crippen molar-refractivity contribution in [3.05, 3.63) is 64.0 Å². The Kier molecular flexibility index (Phi) is 3.70. The van der Waals surface area contributed by atoms with Gasteiger partial charge in [0, 0.05) is 21.5 Å². The fraction of sp³-hybridized carbons (Fsp3) is 0. The van der Waals surface area contributed by atoms with E-state index in [2.05, 4.69) is 32.7 Å². The van der Waals surface area contributed by atoms with Crippen LogP contribution in [0, 0.1) is 3.57 Å². The van der Waals surface area contributed by atoms with Crippen LogP contribution in [0.25, 0.3) is 17.1 Å². The molecule has 0 radical (unpaired) electrons. The Balaban J connectivity index is 2.14. The van der Waals surface area contributed by atoms with Crippen LogP contribution in [-0.4, -0.2) is 25.8 Å². The fourth-order valence-corrected chi connectivity index (χ4v) is 2.32. The van der Waals surface area contributed by atoms with E-state index in [1.807, 2.05) is 30.3 Å². The third kappa shape index (κ3) is 2.80. The highest BCUT2D eigenvalue weighted by atomic mass is 127. The predicted octanol–water partition coefficient (Wildman–Crippen LogP) is 3.24. The van der Waals surface area contributed by atoms with Gasteiger partial charge in [0.15, 0.2) is 5.82 Å². The van der Waals surface area contributed by atoms with E-state index in [9.17, 15) is 9.90 Å². The molecule has 0 saturated carbocycles. The molecule has 0 bridgehead atoms. The predicted molar refractivity (Wildman–Crippen MR) is 86.5 cm³/mol. The molecule has 104 valence electrons. The number of carbonyl (C=O) groups is 1. The lowest BCUT2D eigenvalue weighted by Crippen LogP contribution is -1.97. The van der Waals surface area contributed by atoms with Gasteiger partial charge in [0.25, 0.3) is 0 Å². The highest BCUT2D eigenvalue weighted by molar-refractivity contribution is 14.1. The normalized spacial score (nSPS) is 10.5. The van der Waals surface area contributed by atoms with Crippen molar-refractivity contribution in [2.24, 2.45) is 0 Å². The molecule has 1 N–H and O–H groups in total. The van der Waals surface area contributed by atoms with Crippen LogP contribution in [0.3, 0.4) is 0 Å². The summed E-state index contributed by atoms with van der Waals surface area (Å²) in [7, 11) is 0. The zero-order valence-electron chi connectivity index (χ0n) is 10.8. The van der Waals surface area contributed by atoms with Gasteiger partial charge in [-0.25, -0.2) is 14.5 Å². The lowest BCUT2D eigenvalue weighted by Gasteiger charge is -2.00. The standard InChI is InChI=1S/C15H10IN3O2/c16-11-6-4-10(5-7-11)14-12(15(20)21)9-19(18-14)13-3-1-2-8-17-13/h1-9H,(H,20,21). The van der Waals surface area contributed by atoms with Crippen LogP contribution in [0.4, 0.5) is 0 Å². The molecule has 0 saturated heterocycles. The number of halogens is 1. The number of carboxylic acid groups (broad SMARTS) is 1. The molecule has 3 rings (SSSR count). The molecular weight excluding hydrogens is 381 g/mol. The van der Waals surface area contributed by atoms with Crippen molar-refractivity contribution in [3.63, 3.8) is 0 Å². The first-order chi connectivity index (χ1) is 10.1. The molecule has 2 heterocycles. The zero-order valence-corrected chi connectivity index (χ0v) is 12.9. The van der Waals surface area contributed by atoms with Crippen LogP contribution >= 0.6 is 22.6 Å². The topological polar surface area (TPSA) is 68.0 Å². The Hall–Kier alpha value is -2.22. The maximum absolute atomic E-state index is 11.4. The first kappa shape index (κ1) is 13.7. The Morgan fingerprint density at radius 3 is 2.52 bits per heavy atom. The Bertz CT molecular complexity index is 782. The lowest BCUT2D eigenvalue weighted by atomic mass is 10.1. The minimum atomic E-state index is -1.01. The van der Waals surface area contributed by atoms with E-state index in [4.69, 9.17) is 0 Å². The summed E-state index contributed by atoms with van der Waals surface area (Å²) >= 11 is 2.20. The maximum atomic E-state index is 11.4. The average Bonchev–Trinajstić information content (AvgIpc) is 2.94. The summed E-state index contributed by atoms with van der Waals surface area (Å²) in [5, 5.41) is 13.7. The second-order valence-corrected chi connectivity index (χ2v) is 5.58. The molecule has 0 amide bonds. The second kappa shape index (κ2) is 5.65. The van der Waals surface area contributed by atoms with Crippen molar-refractivity contribution in [2.45, 2.75) is 0 Å². The van der Waals surface area contributed by atoms with E-state index < -0.39 is 5.97 Å². The molecule has 6 heteroatoms. The van der Waals surface area contributed by atoms with E-state index in [0.717, 1.165) is 9.13 Å². The zero-order chi connectivity index (χ0) is 14.8. The van der Waals surface area contributed by atoms with Gasteiger partial charge in [0.2, 0.25) is 0 Å². The van der Waals surface area contributed by atoms with Crippen LogP contribution in [0.2, 0.25) is 0 Å². The molecule has 0 aliphatic carbocycles. The van der Waals surface area contributed by atoms with Crippen molar-refractivity contribution in [3.8, 4) is 17.1 Å². The van der Waals surface area contributed by atoms with Gasteiger partial charge in [0.05, 0.1) is 0 Å². The van der Waals surface area contributed by atoms with Gasteiger partial charge in [-0.05, 0) is 46.9 Å². The maximum Gasteiger partial charge on any atom is 0.339 e. The average molecular weight is 391 g/mol. The fourth-order valence-electron chi connectivity index (χ4n) is 1.96. The number of nitrogens with zero attached hydrogens (tertiary/aromatic N) is 3. The van der Waals surface area contributed by atoms with Crippen LogP contribution in [0.1, 0.15) is 10.4 Å². The molecule has 21 heavy (non-hydrogen) atoms. The first-order valence-corrected chi connectivity index (χ1v) is 7.23. The molecular formula is C15H10IN3O2. The van der Waals surface area contributed by atoms with E-state index in [1.54, 1.807) is 18.3 Å². The molecule has 0 spiro atoms. The minimum absolute atomic E-state index is 0.155. The Labute approximate surface area is 134 Å².